The number of likely N-dealkylation sites (tertiary alicyclic amines) is 1. The lowest BCUT2D eigenvalue weighted by Gasteiger charge is -2.35. The minimum Gasteiger partial charge on any atom is -0.341 e. The monoisotopic (exact) mass is 486 g/mol. The SMILES string of the molecule is CC(c1ccc(Cl)cc1Cl)n1ncc2ncc(C3CCN(C(=O)C4CCCCN4)CC3)nc21. The summed E-state index contributed by atoms with van der Waals surface area (Å²) in [6, 6.07) is 5.38. The normalized spacial score (nSPS) is 20.8. The number of hydrogen-bond donors (Lipinski definition) is 1. The maximum Gasteiger partial charge on any atom is 0.239 e. The minimum atomic E-state index is -0.112. The second-order valence-corrected chi connectivity index (χ2v) is 9.88. The second kappa shape index (κ2) is 9.57. The van der Waals surface area contributed by atoms with Crippen molar-refractivity contribution in [3.05, 3.63) is 51.9 Å². The minimum absolute atomic E-state index is 0.0121. The van der Waals surface area contributed by atoms with Crippen molar-refractivity contribution >= 4 is 40.3 Å². The number of aromatic nitrogens is 4. The van der Waals surface area contributed by atoms with Crippen LogP contribution in [0.3, 0.4) is 0 Å². The molecule has 1 amide bonds. The summed E-state index contributed by atoms with van der Waals surface area (Å²) < 4.78 is 1.87. The number of carbonyl (C=O) groups is 1. The van der Waals surface area contributed by atoms with Crippen LogP contribution in [0.15, 0.2) is 30.6 Å². The molecule has 0 saturated carbocycles. The van der Waals surface area contributed by atoms with E-state index in [0.29, 0.717) is 10.0 Å². The van der Waals surface area contributed by atoms with Gasteiger partial charge in [-0.1, -0.05) is 35.7 Å². The predicted octanol–water partition coefficient (Wildman–Crippen LogP) is 4.59. The molecule has 7 nitrogen and oxygen atoms in total. The van der Waals surface area contributed by atoms with Gasteiger partial charge in [0.15, 0.2) is 5.65 Å². The Balaban J connectivity index is 1.32. The molecular formula is C24H28Cl2N6O. The maximum absolute atomic E-state index is 12.8. The molecular weight excluding hydrogens is 459 g/mol. The van der Waals surface area contributed by atoms with Crippen LogP contribution in [0.25, 0.3) is 11.2 Å². The van der Waals surface area contributed by atoms with E-state index < -0.39 is 0 Å². The first kappa shape index (κ1) is 22.6. The zero-order valence-corrected chi connectivity index (χ0v) is 20.2. The Kier molecular flexibility index (Phi) is 6.54. The van der Waals surface area contributed by atoms with Crippen LogP contribution in [0.1, 0.15) is 62.2 Å². The average Bonchev–Trinajstić information content (AvgIpc) is 3.27. The van der Waals surface area contributed by atoms with Crippen LogP contribution in [0.5, 0.6) is 0 Å². The second-order valence-electron chi connectivity index (χ2n) is 9.04. The van der Waals surface area contributed by atoms with Crippen molar-refractivity contribution in [3.8, 4) is 0 Å². The fraction of sp³-hybridized carbons (Fsp3) is 0.500. The smallest absolute Gasteiger partial charge is 0.239 e. The Hall–Kier alpha value is -2.22. The molecule has 4 heterocycles. The topological polar surface area (TPSA) is 75.9 Å². The van der Waals surface area contributed by atoms with Crippen LogP contribution < -0.4 is 5.32 Å². The molecule has 3 aromatic rings. The zero-order chi connectivity index (χ0) is 22.9. The molecule has 1 aromatic carbocycles. The summed E-state index contributed by atoms with van der Waals surface area (Å²) in [6.45, 7) is 4.50. The fourth-order valence-corrected chi connectivity index (χ4v) is 5.53. The van der Waals surface area contributed by atoms with E-state index in [2.05, 4.69) is 15.4 Å². The average molecular weight is 487 g/mol. The quantitative estimate of drug-likeness (QED) is 0.583. The molecule has 2 unspecified atom stereocenters. The number of fused-ring (bicyclic) bond motifs is 1. The largest absolute Gasteiger partial charge is 0.341 e. The van der Waals surface area contributed by atoms with Gasteiger partial charge in [0.2, 0.25) is 5.91 Å². The zero-order valence-electron chi connectivity index (χ0n) is 18.7. The third-order valence-electron chi connectivity index (χ3n) is 6.93. The molecule has 2 fully saturated rings. The van der Waals surface area contributed by atoms with Crippen LogP contribution in [-0.4, -0.2) is 56.2 Å². The maximum atomic E-state index is 12.8. The highest BCUT2D eigenvalue weighted by atomic mass is 35.5. The van der Waals surface area contributed by atoms with Crippen molar-refractivity contribution in [1.82, 2.24) is 30.0 Å². The predicted molar refractivity (Wildman–Crippen MR) is 130 cm³/mol. The third-order valence-corrected chi connectivity index (χ3v) is 7.50. The summed E-state index contributed by atoms with van der Waals surface area (Å²) in [5, 5.41) is 9.13. The molecule has 9 heteroatoms. The summed E-state index contributed by atoms with van der Waals surface area (Å²) in [6.07, 6.45) is 8.62. The highest BCUT2D eigenvalue weighted by Gasteiger charge is 2.30. The third kappa shape index (κ3) is 4.59. The number of nitrogens with one attached hydrogen (secondary N) is 1. The number of hydrogen-bond acceptors (Lipinski definition) is 5. The van der Waals surface area contributed by atoms with Gasteiger partial charge in [-0.25, -0.2) is 14.6 Å². The molecule has 0 spiro atoms. The Labute approximate surface area is 203 Å². The van der Waals surface area contributed by atoms with E-state index in [1.54, 1.807) is 12.3 Å². The number of amides is 1. The highest BCUT2D eigenvalue weighted by Crippen LogP contribution is 2.31. The van der Waals surface area contributed by atoms with Gasteiger partial charge in [-0.2, -0.15) is 5.10 Å². The molecule has 0 bridgehead atoms. The van der Waals surface area contributed by atoms with Crippen molar-refractivity contribution in [2.75, 3.05) is 19.6 Å². The van der Waals surface area contributed by atoms with Crippen molar-refractivity contribution in [2.24, 2.45) is 0 Å². The molecule has 33 heavy (non-hydrogen) atoms. The van der Waals surface area contributed by atoms with Gasteiger partial charge in [0.05, 0.1) is 24.0 Å². The number of benzene rings is 1. The Morgan fingerprint density at radius 2 is 1.97 bits per heavy atom. The molecule has 2 saturated heterocycles. The number of carbonyl (C=O) groups excluding carboxylic acids is 1. The van der Waals surface area contributed by atoms with Gasteiger partial charge in [-0.3, -0.25) is 4.79 Å². The van der Waals surface area contributed by atoms with Crippen molar-refractivity contribution < 1.29 is 4.79 Å². The number of rotatable bonds is 4. The van der Waals surface area contributed by atoms with E-state index in [1.807, 2.05) is 34.8 Å². The number of halogens is 2. The molecule has 0 aliphatic carbocycles. The standard InChI is InChI=1S/C24H28Cl2N6O/c1-15(18-6-5-17(25)12-19(18)26)32-23-22(14-29-32)28-13-21(30-23)16-7-10-31(11-8-16)24(33)20-4-2-3-9-27-20/h5-6,12-16,20,27H,2-4,7-11H2,1H3. The van der Waals surface area contributed by atoms with Gasteiger partial charge >= 0.3 is 0 Å². The fourth-order valence-electron chi connectivity index (χ4n) is 4.96. The van der Waals surface area contributed by atoms with Crippen LogP contribution in [-0.2, 0) is 4.79 Å². The summed E-state index contributed by atoms with van der Waals surface area (Å²) in [5.74, 6) is 0.532. The van der Waals surface area contributed by atoms with Crippen LogP contribution in [0.4, 0.5) is 0 Å². The van der Waals surface area contributed by atoms with E-state index in [0.717, 1.165) is 74.2 Å². The van der Waals surface area contributed by atoms with Gasteiger partial charge < -0.3 is 10.2 Å². The molecule has 2 aliphatic heterocycles. The van der Waals surface area contributed by atoms with Crippen molar-refractivity contribution in [1.29, 1.82) is 0 Å². The first-order chi connectivity index (χ1) is 16.0. The molecule has 2 aliphatic rings. The lowest BCUT2D eigenvalue weighted by molar-refractivity contribution is -0.135. The van der Waals surface area contributed by atoms with E-state index in [1.165, 1.54) is 0 Å². The van der Waals surface area contributed by atoms with Gasteiger partial charge in [0.1, 0.15) is 5.52 Å². The Morgan fingerprint density at radius 1 is 1.15 bits per heavy atom. The number of nitrogens with zero attached hydrogens (tertiary/aromatic N) is 5. The summed E-state index contributed by atoms with van der Waals surface area (Å²) in [5.41, 5.74) is 3.39. The van der Waals surface area contributed by atoms with E-state index in [-0.39, 0.29) is 23.9 Å². The summed E-state index contributed by atoms with van der Waals surface area (Å²) >= 11 is 12.5. The summed E-state index contributed by atoms with van der Waals surface area (Å²) in [7, 11) is 0. The van der Waals surface area contributed by atoms with Crippen molar-refractivity contribution in [2.45, 2.75) is 57.0 Å². The van der Waals surface area contributed by atoms with E-state index >= 15 is 0 Å². The Morgan fingerprint density at radius 3 is 2.70 bits per heavy atom. The van der Waals surface area contributed by atoms with Crippen LogP contribution in [0, 0.1) is 0 Å². The number of piperidine rings is 2. The van der Waals surface area contributed by atoms with Crippen LogP contribution in [0.2, 0.25) is 10.0 Å². The van der Waals surface area contributed by atoms with Gasteiger partial charge in [-0.05, 0) is 56.8 Å². The molecule has 0 radical (unpaired) electrons. The lowest BCUT2D eigenvalue weighted by Crippen LogP contribution is -2.50. The van der Waals surface area contributed by atoms with Gasteiger partial charge in [0, 0.05) is 35.2 Å². The molecule has 174 valence electrons. The molecule has 2 aromatic heterocycles. The van der Waals surface area contributed by atoms with Gasteiger partial charge in [0.25, 0.3) is 0 Å². The van der Waals surface area contributed by atoms with Crippen molar-refractivity contribution in [3.63, 3.8) is 0 Å². The first-order valence-corrected chi connectivity index (χ1v) is 12.4. The highest BCUT2D eigenvalue weighted by molar-refractivity contribution is 6.35. The van der Waals surface area contributed by atoms with E-state index in [4.69, 9.17) is 28.2 Å². The first-order valence-electron chi connectivity index (χ1n) is 11.7. The molecule has 2 atom stereocenters. The lowest BCUT2D eigenvalue weighted by atomic mass is 9.93. The van der Waals surface area contributed by atoms with Gasteiger partial charge in [-0.15, -0.1) is 0 Å². The van der Waals surface area contributed by atoms with Crippen LogP contribution >= 0.6 is 23.2 Å². The van der Waals surface area contributed by atoms with E-state index in [9.17, 15) is 4.79 Å². The molecule has 5 rings (SSSR count). The summed E-state index contributed by atoms with van der Waals surface area (Å²) in [4.78, 5) is 24.5. The Bertz CT molecular complexity index is 1150. The molecule has 1 N–H and O–H groups in total.